The summed E-state index contributed by atoms with van der Waals surface area (Å²) in [6.07, 6.45) is 8.57. The van der Waals surface area contributed by atoms with Crippen molar-refractivity contribution in [2.75, 3.05) is 7.11 Å². The van der Waals surface area contributed by atoms with Crippen molar-refractivity contribution in [3.63, 3.8) is 0 Å². The lowest BCUT2D eigenvalue weighted by Crippen LogP contribution is -2.25. The van der Waals surface area contributed by atoms with E-state index in [1.807, 2.05) is 19.1 Å². The molecule has 2 aliphatic rings. The third-order valence-corrected chi connectivity index (χ3v) is 6.18. The van der Waals surface area contributed by atoms with Gasteiger partial charge in [0.05, 0.1) is 25.4 Å². The summed E-state index contributed by atoms with van der Waals surface area (Å²) in [5.74, 6) is 5.76. The van der Waals surface area contributed by atoms with E-state index in [9.17, 15) is 14.7 Å². The standard InChI is InChI=1S/C24H36O6/c1-5-6-9-16(2)21(26)13-12-19-20-14-18(10-7-8-11-24(27)28-4)30-23(20)15-22(19)29-17(3)25/h12-13,16,18-23,26H,7-11,14-15H2,1-4H3/b13-12+/t16?,18-,19-,20-,21-,22-,23?/m1/s1. The smallest absolute Gasteiger partial charge is 0.305 e. The van der Waals surface area contributed by atoms with Crippen LogP contribution < -0.4 is 0 Å². The number of fused-ring (bicyclic) bond motifs is 1. The van der Waals surface area contributed by atoms with Crippen molar-refractivity contribution in [2.45, 2.75) is 90.1 Å². The Labute approximate surface area is 180 Å². The van der Waals surface area contributed by atoms with Gasteiger partial charge in [0.15, 0.2) is 0 Å². The average molecular weight is 421 g/mol. The molecule has 0 aromatic rings. The fourth-order valence-corrected chi connectivity index (χ4v) is 4.51. The van der Waals surface area contributed by atoms with Gasteiger partial charge in [-0.3, -0.25) is 9.59 Å². The molecule has 1 heterocycles. The molecule has 1 saturated heterocycles. The fraction of sp³-hybridized carbons (Fsp3) is 0.750. The molecule has 6 nitrogen and oxygen atoms in total. The van der Waals surface area contributed by atoms with Crippen LogP contribution in [0.3, 0.4) is 0 Å². The van der Waals surface area contributed by atoms with Gasteiger partial charge < -0.3 is 19.3 Å². The molecule has 30 heavy (non-hydrogen) atoms. The maximum absolute atomic E-state index is 11.6. The van der Waals surface area contributed by atoms with E-state index in [-0.39, 0.29) is 48.0 Å². The van der Waals surface area contributed by atoms with E-state index in [4.69, 9.17) is 9.47 Å². The molecular weight excluding hydrogens is 384 g/mol. The highest BCUT2D eigenvalue weighted by molar-refractivity contribution is 5.69. The zero-order chi connectivity index (χ0) is 22.1. The molecule has 0 aromatic heterocycles. The molecule has 2 fully saturated rings. The Balaban J connectivity index is 1.94. The van der Waals surface area contributed by atoms with E-state index < -0.39 is 6.10 Å². The number of rotatable bonds is 10. The number of aliphatic hydroxyl groups is 1. The second-order valence-corrected chi connectivity index (χ2v) is 8.46. The number of carbonyl (C=O) groups excluding carboxylic acids is 2. The highest BCUT2D eigenvalue weighted by Crippen LogP contribution is 2.46. The zero-order valence-corrected chi connectivity index (χ0v) is 18.6. The second-order valence-electron chi connectivity index (χ2n) is 8.46. The van der Waals surface area contributed by atoms with Gasteiger partial charge in [0, 0.05) is 32.1 Å². The minimum absolute atomic E-state index is 0.0399. The van der Waals surface area contributed by atoms with Gasteiger partial charge in [0.25, 0.3) is 0 Å². The van der Waals surface area contributed by atoms with Crippen LogP contribution >= 0.6 is 0 Å². The van der Waals surface area contributed by atoms with Crippen LogP contribution in [-0.2, 0) is 23.8 Å². The molecule has 1 N–H and O–H groups in total. The minimum Gasteiger partial charge on any atom is -0.469 e. The number of hydrogen-bond donors (Lipinski definition) is 1. The maximum Gasteiger partial charge on any atom is 0.305 e. The maximum atomic E-state index is 11.6. The largest absolute Gasteiger partial charge is 0.469 e. The number of ether oxygens (including phenoxy) is 3. The van der Waals surface area contributed by atoms with Gasteiger partial charge in [-0.25, -0.2) is 0 Å². The number of hydrogen-bond acceptors (Lipinski definition) is 6. The molecule has 1 aliphatic carbocycles. The summed E-state index contributed by atoms with van der Waals surface area (Å²) in [5.41, 5.74) is 0. The number of carbonyl (C=O) groups is 2. The van der Waals surface area contributed by atoms with E-state index >= 15 is 0 Å². The summed E-state index contributed by atoms with van der Waals surface area (Å²) in [4.78, 5) is 22.8. The Bertz CT molecular complexity index is 660. The molecule has 0 aromatic carbocycles. The van der Waals surface area contributed by atoms with Crippen molar-refractivity contribution in [1.82, 2.24) is 0 Å². The summed E-state index contributed by atoms with van der Waals surface area (Å²) in [5, 5.41) is 10.4. The third-order valence-electron chi connectivity index (χ3n) is 6.18. The summed E-state index contributed by atoms with van der Waals surface area (Å²) in [6, 6.07) is 0. The molecule has 0 amide bonds. The predicted octanol–water partition coefficient (Wildman–Crippen LogP) is 3.41. The normalized spacial score (nSPS) is 29.7. The molecule has 6 heteroatoms. The Kier molecular flexibility index (Phi) is 9.87. The van der Waals surface area contributed by atoms with Crippen LogP contribution in [0.4, 0.5) is 0 Å². The van der Waals surface area contributed by atoms with E-state index in [0.717, 1.165) is 25.7 Å². The first-order valence-corrected chi connectivity index (χ1v) is 11.0. The monoisotopic (exact) mass is 420 g/mol. The minimum atomic E-state index is -0.584. The van der Waals surface area contributed by atoms with E-state index in [1.54, 1.807) is 6.92 Å². The SMILES string of the molecule is CC#CCC(C)[C@H](O)/C=C/[C@H]1[C@H](OC(C)=O)CC2O[C@H](CCCCC(=O)OC)C[C@@H]21. The van der Waals surface area contributed by atoms with Gasteiger partial charge in [-0.05, 0) is 38.0 Å². The van der Waals surface area contributed by atoms with Crippen LogP contribution in [0.5, 0.6) is 0 Å². The summed E-state index contributed by atoms with van der Waals surface area (Å²) in [6.45, 7) is 5.20. The van der Waals surface area contributed by atoms with Crippen molar-refractivity contribution in [3.05, 3.63) is 12.2 Å². The van der Waals surface area contributed by atoms with Crippen molar-refractivity contribution >= 4 is 11.9 Å². The molecule has 0 radical (unpaired) electrons. The zero-order valence-electron chi connectivity index (χ0n) is 18.6. The number of esters is 2. The van der Waals surface area contributed by atoms with Crippen LogP contribution in [0.15, 0.2) is 12.2 Å². The van der Waals surface area contributed by atoms with Gasteiger partial charge >= 0.3 is 11.9 Å². The first-order valence-electron chi connectivity index (χ1n) is 11.0. The van der Waals surface area contributed by atoms with Crippen LogP contribution in [0, 0.1) is 29.6 Å². The lowest BCUT2D eigenvalue weighted by molar-refractivity contribution is -0.148. The van der Waals surface area contributed by atoms with E-state index in [0.29, 0.717) is 19.3 Å². The Hall–Kier alpha value is -1.84. The van der Waals surface area contributed by atoms with Gasteiger partial charge in [0.2, 0.25) is 0 Å². The Morgan fingerprint density at radius 1 is 1.30 bits per heavy atom. The molecule has 168 valence electrons. The average Bonchev–Trinajstić information content (AvgIpc) is 3.23. The van der Waals surface area contributed by atoms with Crippen molar-refractivity contribution in [2.24, 2.45) is 17.8 Å². The number of unbranched alkanes of at least 4 members (excludes halogenated alkanes) is 1. The molecule has 7 atom stereocenters. The first-order chi connectivity index (χ1) is 14.3. The molecule has 0 bridgehead atoms. The quantitative estimate of drug-likeness (QED) is 0.252. The molecule has 1 aliphatic heterocycles. The van der Waals surface area contributed by atoms with Gasteiger partial charge in [-0.2, -0.15) is 0 Å². The second kappa shape index (κ2) is 12.1. The third kappa shape index (κ3) is 7.14. The highest BCUT2D eigenvalue weighted by atomic mass is 16.6. The summed E-state index contributed by atoms with van der Waals surface area (Å²) < 4.78 is 16.5. The molecular formula is C24H36O6. The summed E-state index contributed by atoms with van der Waals surface area (Å²) >= 11 is 0. The van der Waals surface area contributed by atoms with Crippen molar-refractivity contribution in [1.29, 1.82) is 0 Å². The Morgan fingerprint density at radius 2 is 2.07 bits per heavy atom. The fourth-order valence-electron chi connectivity index (χ4n) is 4.51. The van der Waals surface area contributed by atoms with Gasteiger partial charge in [-0.15, -0.1) is 11.8 Å². The lowest BCUT2D eigenvalue weighted by Gasteiger charge is -2.22. The molecule has 0 spiro atoms. The van der Waals surface area contributed by atoms with Crippen LogP contribution in [0.1, 0.15) is 65.7 Å². The lowest BCUT2D eigenvalue weighted by atomic mass is 9.88. The topological polar surface area (TPSA) is 82.1 Å². The summed E-state index contributed by atoms with van der Waals surface area (Å²) in [7, 11) is 1.41. The van der Waals surface area contributed by atoms with E-state index in [2.05, 4.69) is 16.6 Å². The van der Waals surface area contributed by atoms with Crippen LogP contribution in [0.2, 0.25) is 0 Å². The van der Waals surface area contributed by atoms with Gasteiger partial charge in [0.1, 0.15) is 6.10 Å². The Morgan fingerprint density at radius 3 is 2.73 bits per heavy atom. The van der Waals surface area contributed by atoms with E-state index in [1.165, 1.54) is 14.0 Å². The first kappa shape index (κ1) is 24.4. The number of methoxy groups -OCH3 is 1. The predicted molar refractivity (Wildman–Crippen MR) is 113 cm³/mol. The van der Waals surface area contributed by atoms with Gasteiger partial charge in [-0.1, -0.05) is 25.5 Å². The highest BCUT2D eigenvalue weighted by Gasteiger charge is 2.49. The van der Waals surface area contributed by atoms with Crippen LogP contribution in [0.25, 0.3) is 0 Å². The molecule has 2 rings (SSSR count). The van der Waals surface area contributed by atoms with Crippen LogP contribution in [-0.4, -0.2) is 48.6 Å². The number of aliphatic hydroxyl groups excluding tert-OH is 1. The van der Waals surface area contributed by atoms with Crippen molar-refractivity contribution in [3.8, 4) is 11.8 Å². The van der Waals surface area contributed by atoms with Crippen molar-refractivity contribution < 1.29 is 28.9 Å². The molecule has 2 unspecified atom stereocenters. The molecule has 1 saturated carbocycles.